The number of hydrogen-bond donors (Lipinski definition) is 1. The molecule has 0 saturated heterocycles. The third kappa shape index (κ3) is 5.24. The minimum atomic E-state index is -0.0225. The van der Waals surface area contributed by atoms with Gasteiger partial charge in [0.15, 0.2) is 0 Å². The van der Waals surface area contributed by atoms with Crippen molar-refractivity contribution in [2.75, 3.05) is 12.4 Å². The molecule has 0 aromatic heterocycles. The fourth-order valence-corrected chi connectivity index (χ4v) is 3.24. The molecule has 1 aromatic rings. The molecule has 1 aromatic carbocycles. The lowest BCUT2D eigenvalue weighted by Gasteiger charge is -2.36. The smallest absolute Gasteiger partial charge is 0.321 e. The van der Waals surface area contributed by atoms with Crippen molar-refractivity contribution in [2.24, 2.45) is 5.92 Å². The van der Waals surface area contributed by atoms with E-state index in [4.69, 9.17) is 4.74 Å². The van der Waals surface area contributed by atoms with E-state index >= 15 is 0 Å². The highest BCUT2D eigenvalue weighted by molar-refractivity contribution is 5.89. The number of nitrogens with one attached hydrogen (secondary N) is 1. The van der Waals surface area contributed by atoms with Gasteiger partial charge in [-0.05, 0) is 50.3 Å². The number of urea groups is 1. The van der Waals surface area contributed by atoms with Gasteiger partial charge >= 0.3 is 6.03 Å². The monoisotopic (exact) mass is 318 g/mol. The van der Waals surface area contributed by atoms with Crippen molar-refractivity contribution in [2.45, 2.75) is 65.2 Å². The minimum Gasteiger partial charge on any atom is -0.374 e. The highest BCUT2D eigenvalue weighted by Crippen LogP contribution is 2.27. The lowest BCUT2D eigenvalue weighted by atomic mass is 9.85. The van der Waals surface area contributed by atoms with Crippen LogP contribution in [0.25, 0.3) is 0 Å². The second kappa shape index (κ2) is 8.34. The third-order valence-corrected chi connectivity index (χ3v) is 4.65. The van der Waals surface area contributed by atoms with E-state index in [0.717, 1.165) is 17.7 Å². The van der Waals surface area contributed by atoms with E-state index in [-0.39, 0.29) is 12.1 Å². The van der Waals surface area contributed by atoms with Gasteiger partial charge in [0, 0.05) is 18.8 Å². The van der Waals surface area contributed by atoms with Gasteiger partial charge in [0.1, 0.15) is 0 Å². The molecule has 128 valence electrons. The summed E-state index contributed by atoms with van der Waals surface area (Å²) in [5, 5.41) is 3.02. The molecule has 0 unspecified atom stereocenters. The summed E-state index contributed by atoms with van der Waals surface area (Å²) in [6.07, 6.45) is 5.02. The van der Waals surface area contributed by atoms with Gasteiger partial charge in [-0.2, -0.15) is 0 Å². The van der Waals surface area contributed by atoms with Crippen molar-refractivity contribution in [3.63, 3.8) is 0 Å². The van der Waals surface area contributed by atoms with Crippen LogP contribution in [0, 0.1) is 5.92 Å². The second-order valence-electron chi connectivity index (χ2n) is 6.93. The van der Waals surface area contributed by atoms with E-state index in [9.17, 15) is 4.79 Å². The zero-order chi connectivity index (χ0) is 16.8. The summed E-state index contributed by atoms with van der Waals surface area (Å²) >= 11 is 0. The molecule has 0 spiro atoms. The van der Waals surface area contributed by atoms with Crippen LogP contribution in [0.3, 0.4) is 0 Å². The first-order valence-electron chi connectivity index (χ1n) is 8.71. The van der Waals surface area contributed by atoms with Crippen LogP contribution < -0.4 is 5.32 Å². The zero-order valence-electron chi connectivity index (χ0n) is 14.8. The summed E-state index contributed by atoms with van der Waals surface area (Å²) in [5.74, 6) is 0.574. The number of anilines is 1. The van der Waals surface area contributed by atoms with Crippen molar-refractivity contribution in [1.29, 1.82) is 0 Å². The first-order valence-corrected chi connectivity index (χ1v) is 8.71. The average Bonchev–Trinajstić information content (AvgIpc) is 2.53. The topological polar surface area (TPSA) is 41.6 Å². The van der Waals surface area contributed by atoms with Crippen LogP contribution in [0.1, 0.15) is 52.0 Å². The molecule has 0 radical (unpaired) electrons. The predicted octanol–water partition coefficient (Wildman–Crippen LogP) is 4.65. The Labute approximate surface area is 140 Å². The zero-order valence-corrected chi connectivity index (χ0v) is 14.8. The van der Waals surface area contributed by atoms with Gasteiger partial charge in [-0.3, -0.25) is 0 Å². The fourth-order valence-electron chi connectivity index (χ4n) is 3.24. The maximum Gasteiger partial charge on any atom is 0.321 e. The molecule has 2 atom stereocenters. The predicted molar refractivity (Wildman–Crippen MR) is 94.6 cm³/mol. The van der Waals surface area contributed by atoms with E-state index in [0.29, 0.717) is 18.6 Å². The number of ether oxygens (including phenoxy) is 1. The molecule has 2 amide bonds. The molecular weight excluding hydrogens is 288 g/mol. The Morgan fingerprint density at radius 3 is 2.78 bits per heavy atom. The molecule has 0 heterocycles. The van der Waals surface area contributed by atoms with Crippen molar-refractivity contribution in [1.82, 2.24) is 4.90 Å². The molecule has 1 fully saturated rings. The van der Waals surface area contributed by atoms with E-state index in [1.54, 1.807) is 0 Å². The lowest BCUT2D eigenvalue weighted by molar-refractivity contribution is 0.0657. The van der Waals surface area contributed by atoms with Gasteiger partial charge in [0.25, 0.3) is 0 Å². The Balaban J connectivity index is 1.95. The van der Waals surface area contributed by atoms with Gasteiger partial charge in [0.05, 0.1) is 12.7 Å². The molecule has 1 N–H and O–H groups in total. The summed E-state index contributed by atoms with van der Waals surface area (Å²) < 4.78 is 5.62. The van der Waals surface area contributed by atoms with Crippen LogP contribution in [-0.2, 0) is 11.3 Å². The van der Waals surface area contributed by atoms with Gasteiger partial charge in [0.2, 0.25) is 0 Å². The maximum atomic E-state index is 12.5. The van der Waals surface area contributed by atoms with Gasteiger partial charge < -0.3 is 15.0 Å². The summed E-state index contributed by atoms with van der Waals surface area (Å²) in [6.45, 7) is 6.85. The first kappa shape index (κ1) is 17.8. The lowest BCUT2D eigenvalue weighted by Crippen LogP contribution is -2.44. The first-order chi connectivity index (χ1) is 11.0. The number of benzene rings is 1. The van der Waals surface area contributed by atoms with Crippen molar-refractivity contribution < 1.29 is 9.53 Å². The number of amides is 2. The van der Waals surface area contributed by atoms with Crippen LogP contribution in [0.5, 0.6) is 0 Å². The maximum absolute atomic E-state index is 12.5. The number of rotatable bonds is 5. The molecule has 1 aliphatic carbocycles. The largest absolute Gasteiger partial charge is 0.374 e. The molecule has 4 nitrogen and oxygen atoms in total. The number of hydrogen-bond acceptors (Lipinski definition) is 2. The van der Waals surface area contributed by atoms with Crippen LogP contribution in [0.2, 0.25) is 0 Å². The van der Waals surface area contributed by atoms with Crippen LogP contribution in [0.15, 0.2) is 24.3 Å². The van der Waals surface area contributed by atoms with Crippen LogP contribution in [0.4, 0.5) is 10.5 Å². The van der Waals surface area contributed by atoms with E-state index in [1.165, 1.54) is 19.3 Å². The summed E-state index contributed by atoms with van der Waals surface area (Å²) in [6, 6.07) is 8.21. The molecule has 4 heteroatoms. The van der Waals surface area contributed by atoms with Gasteiger partial charge in [-0.1, -0.05) is 31.9 Å². The fraction of sp³-hybridized carbons (Fsp3) is 0.632. The molecule has 2 rings (SSSR count). The molecular formula is C19H30N2O2. The summed E-state index contributed by atoms with van der Waals surface area (Å²) in [7, 11) is 1.91. The number of carbonyl (C=O) groups is 1. The van der Waals surface area contributed by atoms with E-state index in [1.807, 2.05) is 50.1 Å². The SMILES string of the molecule is CC(C)OCc1cccc(NC(=O)N(C)[C@@H]2CCCC[C@@H]2C)c1. The molecule has 23 heavy (non-hydrogen) atoms. The van der Waals surface area contributed by atoms with E-state index < -0.39 is 0 Å². The molecule has 1 aliphatic rings. The molecule has 1 saturated carbocycles. The van der Waals surface area contributed by atoms with Gasteiger partial charge in [-0.15, -0.1) is 0 Å². The number of carbonyl (C=O) groups excluding carboxylic acids is 1. The molecule has 0 aliphatic heterocycles. The second-order valence-corrected chi connectivity index (χ2v) is 6.93. The van der Waals surface area contributed by atoms with Gasteiger partial charge in [-0.25, -0.2) is 4.79 Å². The number of nitrogens with zero attached hydrogens (tertiary/aromatic N) is 1. The van der Waals surface area contributed by atoms with Crippen LogP contribution >= 0.6 is 0 Å². The Kier molecular flexibility index (Phi) is 6.46. The van der Waals surface area contributed by atoms with Crippen molar-refractivity contribution >= 4 is 11.7 Å². The Bertz CT molecular complexity index is 516. The van der Waals surface area contributed by atoms with Crippen molar-refractivity contribution in [3.05, 3.63) is 29.8 Å². The quantitative estimate of drug-likeness (QED) is 0.858. The Hall–Kier alpha value is -1.55. The van der Waals surface area contributed by atoms with E-state index in [2.05, 4.69) is 12.2 Å². The standard InChI is InChI=1S/C19H30N2O2/c1-14(2)23-13-16-9-7-10-17(12-16)20-19(22)21(4)18-11-6-5-8-15(18)3/h7,9-10,12,14-15,18H,5-6,8,11,13H2,1-4H3,(H,20,22)/t15-,18+/m0/s1. The summed E-state index contributed by atoms with van der Waals surface area (Å²) in [5.41, 5.74) is 1.90. The third-order valence-electron chi connectivity index (χ3n) is 4.65. The van der Waals surface area contributed by atoms with Crippen LogP contribution in [-0.4, -0.2) is 30.1 Å². The highest BCUT2D eigenvalue weighted by atomic mass is 16.5. The minimum absolute atomic E-state index is 0.0225. The Morgan fingerprint density at radius 2 is 2.09 bits per heavy atom. The highest BCUT2D eigenvalue weighted by Gasteiger charge is 2.27. The summed E-state index contributed by atoms with van der Waals surface area (Å²) in [4.78, 5) is 14.4. The normalized spacial score (nSPS) is 21.3. The molecule has 0 bridgehead atoms. The Morgan fingerprint density at radius 1 is 1.35 bits per heavy atom. The average molecular weight is 318 g/mol. The van der Waals surface area contributed by atoms with Crippen molar-refractivity contribution in [3.8, 4) is 0 Å².